The lowest BCUT2D eigenvalue weighted by Crippen LogP contribution is -2.13. The minimum absolute atomic E-state index is 0.205. The highest BCUT2D eigenvalue weighted by molar-refractivity contribution is 6.30. The molecule has 4 heteroatoms. The van der Waals surface area contributed by atoms with Gasteiger partial charge in [0.15, 0.2) is 0 Å². The highest BCUT2D eigenvalue weighted by Crippen LogP contribution is 2.31. The van der Waals surface area contributed by atoms with Crippen LogP contribution in [0.5, 0.6) is 0 Å². The van der Waals surface area contributed by atoms with Gasteiger partial charge in [-0.25, -0.2) is 4.79 Å². The van der Waals surface area contributed by atoms with Crippen molar-refractivity contribution in [2.75, 3.05) is 0 Å². The van der Waals surface area contributed by atoms with Crippen LogP contribution in [0.2, 0.25) is 0 Å². The van der Waals surface area contributed by atoms with Crippen LogP contribution < -0.4 is 0 Å². The Morgan fingerprint density at radius 3 is 2.87 bits per heavy atom. The Balaban J connectivity index is 2.31. The summed E-state index contributed by atoms with van der Waals surface area (Å²) in [7, 11) is 0. The van der Waals surface area contributed by atoms with Gasteiger partial charge >= 0.3 is 5.97 Å². The van der Waals surface area contributed by atoms with Gasteiger partial charge in [0.1, 0.15) is 0 Å². The number of hydrogen-bond acceptors (Lipinski definition) is 2. The summed E-state index contributed by atoms with van der Waals surface area (Å²) in [6.45, 7) is 8.27. The number of aliphatic imine (C=N–C) groups is 1. The molecule has 1 aliphatic heterocycles. The van der Waals surface area contributed by atoms with Crippen LogP contribution in [0.25, 0.3) is 10.9 Å². The summed E-state index contributed by atoms with van der Waals surface area (Å²) < 4.78 is 2.21. The summed E-state index contributed by atoms with van der Waals surface area (Å²) >= 11 is 0. The van der Waals surface area contributed by atoms with Crippen molar-refractivity contribution in [2.45, 2.75) is 33.2 Å². The standard InChI is InChI=1S/C19H20N2O2/c1-4-14(19(22)23)17(20-12(2)3)16-11-21-10-6-8-13-7-5-9-15(16)18(13)21/h4-5,7,9,11H,2,6,8,10H2,1,3H3,(H,22,23)/b14-4+,20-17?. The molecule has 0 fully saturated rings. The van der Waals surface area contributed by atoms with E-state index in [4.69, 9.17) is 0 Å². The summed E-state index contributed by atoms with van der Waals surface area (Å²) in [5.41, 5.74) is 4.65. The zero-order chi connectivity index (χ0) is 16.6. The Morgan fingerprint density at radius 2 is 2.22 bits per heavy atom. The van der Waals surface area contributed by atoms with E-state index >= 15 is 0 Å². The smallest absolute Gasteiger partial charge is 0.337 e. The van der Waals surface area contributed by atoms with Gasteiger partial charge in [0.05, 0.1) is 16.8 Å². The number of nitrogens with zero attached hydrogens (tertiary/aromatic N) is 2. The van der Waals surface area contributed by atoms with Crippen LogP contribution in [0.4, 0.5) is 0 Å². The summed E-state index contributed by atoms with van der Waals surface area (Å²) in [4.78, 5) is 16.1. The second-order valence-electron chi connectivity index (χ2n) is 5.86. The second-order valence-corrected chi connectivity index (χ2v) is 5.86. The third-order valence-electron chi connectivity index (χ3n) is 4.16. The Hall–Kier alpha value is -2.62. The van der Waals surface area contributed by atoms with Crippen molar-refractivity contribution < 1.29 is 9.90 Å². The van der Waals surface area contributed by atoms with Crippen LogP contribution >= 0.6 is 0 Å². The van der Waals surface area contributed by atoms with E-state index in [9.17, 15) is 9.90 Å². The topological polar surface area (TPSA) is 54.6 Å². The molecule has 2 aromatic rings. The van der Waals surface area contributed by atoms with Crippen LogP contribution in [-0.2, 0) is 17.8 Å². The molecule has 1 N–H and O–H groups in total. The molecule has 3 rings (SSSR count). The number of rotatable bonds is 4. The Morgan fingerprint density at radius 1 is 1.43 bits per heavy atom. The lowest BCUT2D eigenvalue weighted by molar-refractivity contribution is -0.132. The predicted molar refractivity (Wildman–Crippen MR) is 93.0 cm³/mol. The largest absolute Gasteiger partial charge is 0.478 e. The fourth-order valence-corrected chi connectivity index (χ4v) is 3.26. The van der Waals surface area contributed by atoms with Crippen molar-refractivity contribution in [3.8, 4) is 0 Å². The molecule has 1 aromatic heterocycles. The molecule has 0 aliphatic carbocycles. The second kappa shape index (κ2) is 5.88. The Kier molecular flexibility index (Phi) is 3.90. The van der Waals surface area contributed by atoms with E-state index in [0.29, 0.717) is 11.4 Å². The number of hydrogen-bond donors (Lipinski definition) is 1. The first kappa shape index (κ1) is 15.3. The lowest BCUT2D eigenvalue weighted by atomic mass is 9.98. The summed E-state index contributed by atoms with van der Waals surface area (Å²) in [6, 6.07) is 6.22. The highest BCUT2D eigenvalue weighted by atomic mass is 16.4. The zero-order valence-electron chi connectivity index (χ0n) is 13.5. The lowest BCUT2D eigenvalue weighted by Gasteiger charge is -2.14. The van der Waals surface area contributed by atoms with Crippen LogP contribution in [0.15, 0.2) is 53.3 Å². The molecule has 0 atom stereocenters. The average Bonchev–Trinajstić information content (AvgIpc) is 2.88. The number of aromatic nitrogens is 1. The molecule has 0 amide bonds. The maximum atomic E-state index is 11.6. The van der Waals surface area contributed by atoms with Crippen LogP contribution in [0, 0.1) is 0 Å². The molecule has 23 heavy (non-hydrogen) atoms. The Labute approximate surface area is 135 Å². The van der Waals surface area contributed by atoms with E-state index < -0.39 is 5.97 Å². The molecular formula is C19H20N2O2. The number of carboxylic acid groups (broad SMARTS) is 1. The summed E-state index contributed by atoms with van der Waals surface area (Å²) in [5, 5.41) is 10.6. The van der Waals surface area contributed by atoms with Crippen LogP contribution in [0.1, 0.15) is 31.4 Å². The first-order valence-corrected chi connectivity index (χ1v) is 7.78. The van der Waals surface area contributed by atoms with E-state index in [-0.39, 0.29) is 5.57 Å². The van der Waals surface area contributed by atoms with E-state index in [1.165, 1.54) is 11.1 Å². The fraction of sp³-hybridized carbons (Fsp3) is 0.263. The van der Waals surface area contributed by atoms with Gasteiger partial charge in [-0.3, -0.25) is 4.99 Å². The monoisotopic (exact) mass is 308 g/mol. The first-order chi connectivity index (χ1) is 11.0. The molecule has 2 heterocycles. The number of benzene rings is 1. The molecule has 0 saturated heterocycles. The van der Waals surface area contributed by atoms with Gasteiger partial charge in [0.2, 0.25) is 0 Å². The minimum atomic E-state index is -0.973. The van der Waals surface area contributed by atoms with Crippen molar-refractivity contribution in [1.82, 2.24) is 4.57 Å². The molecule has 4 nitrogen and oxygen atoms in total. The quantitative estimate of drug-likeness (QED) is 0.687. The SMILES string of the molecule is C=C(C)N=C(/C(=C\C)C(=O)O)c1cn2c3c(cccc13)CCC2. The minimum Gasteiger partial charge on any atom is -0.478 e. The zero-order valence-corrected chi connectivity index (χ0v) is 13.5. The normalized spacial score (nSPS) is 15.0. The fourth-order valence-electron chi connectivity index (χ4n) is 3.26. The predicted octanol–water partition coefficient (Wildman–Crippen LogP) is 3.94. The van der Waals surface area contributed by atoms with Crippen LogP contribution in [0.3, 0.4) is 0 Å². The van der Waals surface area contributed by atoms with E-state index in [1.807, 2.05) is 18.3 Å². The maximum absolute atomic E-state index is 11.6. The first-order valence-electron chi connectivity index (χ1n) is 7.78. The molecule has 0 radical (unpaired) electrons. The van der Waals surface area contributed by atoms with Crippen molar-refractivity contribution in [3.63, 3.8) is 0 Å². The van der Waals surface area contributed by atoms with Gasteiger partial charge in [-0.05, 0) is 32.3 Å². The number of para-hydroxylation sites is 1. The van der Waals surface area contributed by atoms with Gasteiger partial charge in [-0.2, -0.15) is 0 Å². The van der Waals surface area contributed by atoms with E-state index in [1.54, 1.807) is 19.9 Å². The third kappa shape index (κ3) is 2.61. The molecule has 0 bridgehead atoms. The highest BCUT2D eigenvalue weighted by Gasteiger charge is 2.23. The van der Waals surface area contributed by atoms with Gasteiger partial charge in [0.25, 0.3) is 0 Å². The Bertz CT molecular complexity index is 869. The van der Waals surface area contributed by atoms with Crippen molar-refractivity contribution in [1.29, 1.82) is 0 Å². The molecule has 1 aromatic carbocycles. The third-order valence-corrected chi connectivity index (χ3v) is 4.16. The summed E-state index contributed by atoms with van der Waals surface area (Å²) in [5.74, 6) is -0.973. The average molecular weight is 308 g/mol. The van der Waals surface area contributed by atoms with Crippen molar-refractivity contribution >= 4 is 22.6 Å². The summed E-state index contributed by atoms with van der Waals surface area (Å²) in [6.07, 6.45) is 5.78. The van der Waals surface area contributed by atoms with Gasteiger partial charge < -0.3 is 9.67 Å². The number of aryl methyl sites for hydroxylation is 2. The van der Waals surface area contributed by atoms with Gasteiger partial charge in [-0.1, -0.05) is 30.9 Å². The number of carbonyl (C=O) groups is 1. The van der Waals surface area contributed by atoms with Crippen molar-refractivity contribution in [2.24, 2.45) is 4.99 Å². The molecule has 0 unspecified atom stereocenters. The number of allylic oxidation sites excluding steroid dienone is 2. The van der Waals surface area contributed by atoms with Crippen LogP contribution in [-0.4, -0.2) is 21.4 Å². The number of carboxylic acids is 1. The van der Waals surface area contributed by atoms with Gasteiger partial charge in [0, 0.05) is 29.4 Å². The molecule has 1 aliphatic rings. The molecular weight excluding hydrogens is 288 g/mol. The van der Waals surface area contributed by atoms with Crippen molar-refractivity contribution in [3.05, 3.63) is 59.4 Å². The maximum Gasteiger partial charge on any atom is 0.337 e. The van der Waals surface area contributed by atoms with E-state index in [2.05, 4.69) is 22.2 Å². The molecule has 0 spiro atoms. The van der Waals surface area contributed by atoms with Gasteiger partial charge in [-0.15, -0.1) is 0 Å². The molecule has 118 valence electrons. The molecule has 0 saturated carbocycles. The van der Waals surface area contributed by atoms with E-state index in [0.717, 1.165) is 30.3 Å². The number of aliphatic carboxylic acids is 1.